The standard InChI is InChI=1S/C11H11F5N2O.C11H10FIN2O/c12-10(13)3-4-17-8(10)6-19-9-2-1-7(5-18-9)11(14,15)16;1-3-7-15-11(14-2)10-8(12)5-4-6-9(10)13-16/h1-2,5,8,17H,3-4,6H2;3-7H,1H2,2H3. The number of aromatic nitrogens is 1. The van der Waals surface area contributed by atoms with Crippen LogP contribution in [0.2, 0.25) is 0 Å². The number of ether oxygens (including phenoxy) is 1. The molecule has 3 rings (SSSR count). The van der Waals surface area contributed by atoms with Crippen molar-refractivity contribution in [3.05, 3.63) is 69.7 Å². The molecule has 190 valence electrons. The molecular weight excluding hydrogens is 593 g/mol. The highest BCUT2D eigenvalue weighted by molar-refractivity contribution is 14.1. The van der Waals surface area contributed by atoms with Crippen LogP contribution in [0.3, 0.4) is 0 Å². The minimum atomic E-state index is -4.48. The van der Waals surface area contributed by atoms with Crippen LogP contribution in [0, 0.1) is 9.39 Å². The maximum atomic E-state index is 13.6. The van der Waals surface area contributed by atoms with E-state index in [0.717, 1.165) is 12.1 Å². The normalized spacial score (nSPS) is 17.7. The van der Waals surface area contributed by atoms with Crippen molar-refractivity contribution in [1.82, 2.24) is 10.3 Å². The summed E-state index contributed by atoms with van der Waals surface area (Å²) in [4.78, 5) is 11.3. The third-order valence-corrected chi connectivity index (χ3v) is 5.98. The number of rotatable bonds is 6. The smallest absolute Gasteiger partial charge is 0.417 e. The van der Waals surface area contributed by atoms with Gasteiger partial charge >= 0.3 is 6.18 Å². The zero-order chi connectivity index (χ0) is 26.1. The van der Waals surface area contributed by atoms with Crippen molar-refractivity contribution in [2.24, 2.45) is 9.98 Å². The first-order valence-electron chi connectivity index (χ1n) is 9.98. The van der Waals surface area contributed by atoms with E-state index < -0.39 is 50.7 Å². The van der Waals surface area contributed by atoms with Gasteiger partial charge in [-0.15, -0.1) is 0 Å². The van der Waals surface area contributed by atoms with E-state index in [1.54, 1.807) is 6.07 Å². The van der Waals surface area contributed by atoms with Crippen molar-refractivity contribution in [3.63, 3.8) is 0 Å². The highest BCUT2D eigenvalue weighted by atomic mass is 127. The third kappa shape index (κ3) is 8.19. The Hall–Kier alpha value is -2.68. The van der Waals surface area contributed by atoms with Gasteiger partial charge < -0.3 is 10.1 Å². The number of hydrogen-bond acceptors (Lipinski definition) is 5. The minimum Gasteiger partial charge on any atom is -0.476 e. The number of nitrogens with zero attached hydrogens (tertiary/aromatic N) is 3. The van der Waals surface area contributed by atoms with Gasteiger partial charge in [-0.05, 0) is 18.2 Å². The van der Waals surface area contributed by atoms with Gasteiger partial charge in [-0.25, -0.2) is 23.1 Å². The summed E-state index contributed by atoms with van der Waals surface area (Å²) >= 11 is -1.46. The summed E-state index contributed by atoms with van der Waals surface area (Å²) < 4.78 is 93.3. The zero-order valence-corrected chi connectivity index (χ0v) is 20.5. The number of benzene rings is 1. The van der Waals surface area contributed by atoms with Crippen LogP contribution in [-0.4, -0.2) is 49.2 Å². The van der Waals surface area contributed by atoms with Gasteiger partial charge in [-0.2, -0.15) is 13.2 Å². The largest absolute Gasteiger partial charge is 0.476 e. The Kier molecular flexibility index (Phi) is 10.5. The van der Waals surface area contributed by atoms with E-state index in [1.807, 2.05) is 0 Å². The highest BCUT2D eigenvalue weighted by Gasteiger charge is 2.44. The molecule has 35 heavy (non-hydrogen) atoms. The lowest BCUT2D eigenvalue weighted by molar-refractivity contribution is -0.137. The van der Waals surface area contributed by atoms with Crippen LogP contribution < -0.4 is 10.1 Å². The molecule has 1 atom stereocenters. The summed E-state index contributed by atoms with van der Waals surface area (Å²) in [6.07, 6.45) is -1.26. The number of hydrogen-bond donors (Lipinski definition) is 1. The molecule has 1 fully saturated rings. The van der Waals surface area contributed by atoms with Crippen LogP contribution >= 0.6 is 21.2 Å². The zero-order valence-electron chi connectivity index (χ0n) is 18.3. The van der Waals surface area contributed by atoms with Gasteiger partial charge in [-0.3, -0.25) is 8.06 Å². The fourth-order valence-electron chi connectivity index (χ4n) is 2.85. The maximum Gasteiger partial charge on any atom is 0.417 e. The van der Waals surface area contributed by atoms with Crippen molar-refractivity contribution in [1.29, 1.82) is 0 Å². The van der Waals surface area contributed by atoms with E-state index in [-0.39, 0.29) is 36.9 Å². The van der Waals surface area contributed by atoms with E-state index in [1.165, 1.54) is 31.5 Å². The van der Waals surface area contributed by atoms with Crippen molar-refractivity contribution >= 4 is 33.2 Å². The van der Waals surface area contributed by atoms with E-state index in [4.69, 9.17) is 4.74 Å². The first-order valence-corrected chi connectivity index (χ1v) is 11.9. The Morgan fingerprint density at radius 1 is 1.34 bits per heavy atom. The Morgan fingerprint density at radius 2 is 2.09 bits per heavy atom. The molecule has 1 aliphatic rings. The SMILES string of the molecule is C=CC=NC(=NC)c1c(F)cccc1I=O.FC(F)(F)c1ccc(OCC2NCCC2(F)F)nc1. The summed E-state index contributed by atoms with van der Waals surface area (Å²) in [5.41, 5.74) is -0.699. The number of halogens is 7. The lowest BCUT2D eigenvalue weighted by Gasteiger charge is -2.18. The van der Waals surface area contributed by atoms with Crippen molar-refractivity contribution < 1.29 is 34.1 Å². The Labute approximate surface area is 207 Å². The highest BCUT2D eigenvalue weighted by Crippen LogP contribution is 2.30. The summed E-state index contributed by atoms with van der Waals surface area (Å²) in [6.45, 7) is 3.31. The molecule has 6 nitrogen and oxygen atoms in total. The third-order valence-electron chi connectivity index (χ3n) is 4.60. The van der Waals surface area contributed by atoms with Gasteiger partial charge in [0.1, 0.15) is 18.5 Å². The van der Waals surface area contributed by atoms with Gasteiger partial charge in [-0.1, -0.05) is 18.7 Å². The van der Waals surface area contributed by atoms with Crippen LogP contribution in [0.1, 0.15) is 17.5 Å². The quantitative estimate of drug-likeness (QED) is 0.204. The molecule has 1 N–H and O–H groups in total. The molecule has 2 aromatic rings. The van der Waals surface area contributed by atoms with Crippen LogP contribution in [-0.2, 0) is 9.25 Å². The summed E-state index contributed by atoms with van der Waals surface area (Å²) in [7, 11) is 1.51. The summed E-state index contributed by atoms with van der Waals surface area (Å²) in [6, 6.07) is 5.10. The Bertz CT molecular complexity index is 1070. The average Bonchev–Trinajstić information content (AvgIpc) is 3.16. The van der Waals surface area contributed by atoms with E-state index in [9.17, 15) is 29.4 Å². The second-order valence-electron chi connectivity index (χ2n) is 6.95. The van der Waals surface area contributed by atoms with Crippen LogP contribution in [0.25, 0.3) is 0 Å². The molecular formula is C22H21F6IN4O2. The predicted molar refractivity (Wildman–Crippen MR) is 127 cm³/mol. The molecule has 0 radical (unpaired) electrons. The number of allylic oxidation sites excluding steroid dienone is 1. The van der Waals surface area contributed by atoms with Crippen LogP contribution in [0.5, 0.6) is 5.88 Å². The van der Waals surface area contributed by atoms with Gasteiger partial charge in [0.25, 0.3) is 5.92 Å². The molecule has 0 spiro atoms. The van der Waals surface area contributed by atoms with Gasteiger partial charge in [0, 0.05) is 38.5 Å². The minimum absolute atomic E-state index is 0.113. The molecule has 1 aromatic carbocycles. The lowest BCUT2D eigenvalue weighted by Crippen LogP contribution is -2.40. The predicted octanol–water partition coefficient (Wildman–Crippen LogP) is 5.42. The first kappa shape index (κ1) is 28.6. The molecule has 0 aliphatic carbocycles. The van der Waals surface area contributed by atoms with Crippen LogP contribution in [0.4, 0.5) is 26.3 Å². The first-order chi connectivity index (χ1) is 16.5. The van der Waals surface area contributed by atoms with Gasteiger partial charge in [0.05, 0.1) is 14.7 Å². The molecule has 0 bridgehead atoms. The monoisotopic (exact) mass is 614 g/mol. The van der Waals surface area contributed by atoms with Crippen molar-refractivity contribution in [3.8, 4) is 5.88 Å². The van der Waals surface area contributed by atoms with Crippen LogP contribution in [0.15, 0.2) is 59.2 Å². The van der Waals surface area contributed by atoms with E-state index >= 15 is 0 Å². The molecule has 1 saturated heterocycles. The van der Waals surface area contributed by atoms with Gasteiger partial charge in [0.15, 0.2) is 27.0 Å². The second kappa shape index (κ2) is 12.9. The lowest BCUT2D eigenvalue weighted by atomic mass is 10.2. The number of amidine groups is 1. The molecule has 13 heteroatoms. The molecule has 1 unspecified atom stereocenters. The Balaban J connectivity index is 0.000000251. The average molecular weight is 614 g/mol. The molecule has 0 amide bonds. The Morgan fingerprint density at radius 3 is 2.60 bits per heavy atom. The topological polar surface area (TPSA) is 75.9 Å². The van der Waals surface area contributed by atoms with E-state index in [2.05, 4.69) is 26.9 Å². The van der Waals surface area contributed by atoms with Gasteiger partial charge in [0.2, 0.25) is 5.88 Å². The number of aliphatic imine (C=N–C) groups is 2. The number of pyridine rings is 1. The summed E-state index contributed by atoms with van der Waals surface area (Å²) in [5, 5.41) is 2.57. The number of alkyl halides is 5. The molecule has 1 aromatic heterocycles. The maximum absolute atomic E-state index is 13.6. The van der Waals surface area contributed by atoms with Crippen molar-refractivity contribution in [2.45, 2.75) is 24.6 Å². The summed E-state index contributed by atoms with van der Waals surface area (Å²) in [5.74, 6) is -3.22. The number of nitrogens with one attached hydrogen (secondary N) is 1. The molecule has 0 saturated carbocycles. The fourth-order valence-corrected chi connectivity index (χ4v) is 3.93. The van der Waals surface area contributed by atoms with E-state index in [0.29, 0.717) is 9.77 Å². The molecule has 2 heterocycles. The van der Waals surface area contributed by atoms with Crippen molar-refractivity contribution in [2.75, 3.05) is 20.2 Å². The fraction of sp³-hybridized carbons (Fsp3) is 0.318. The second-order valence-corrected chi connectivity index (χ2v) is 8.55. The molecule has 1 aliphatic heterocycles.